The molecule has 2 heterocycles. The van der Waals surface area contributed by atoms with Crippen molar-refractivity contribution >= 4 is 6.03 Å². The van der Waals surface area contributed by atoms with Gasteiger partial charge in [0.2, 0.25) is 0 Å². The molecule has 7 heteroatoms. The van der Waals surface area contributed by atoms with Crippen LogP contribution in [0.5, 0.6) is 11.5 Å². The number of aromatic nitrogens is 1. The maximum Gasteiger partial charge on any atom is 0.318 e. The number of carbonyl (C=O) groups excluding carboxylic acids is 1. The average molecular weight is 345 g/mol. The Morgan fingerprint density at radius 1 is 1.32 bits per heavy atom. The van der Waals surface area contributed by atoms with E-state index in [0.717, 1.165) is 30.6 Å². The van der Waals surface area contributed by atoms with E-state index in [0.29, 0.717) is 23.8 Å². The van der Waals surface area contributed by atoms with Crippen LogP contribution in [0.15, 0.2) is 28.8 Å². The first kappa shape index (κ1) is 17.1. The summed E-state index contributed by atoms with van der Waals surface area (Å²) in [6.45, 7) is 2.90. The third kappa shape index (κ3) is 3.70. The zero-order valence-corrected chi connectivity index (χ0v) is 14.7. The number of hydrogen-bond donors (Lipinski definition) is 1. The number of likely N-dealkylation sites (tertiary alicyclic amines) is 1. The molecule has 1 aliphatic rings. The number of aryl methyl sites for hydroxylation is 1. The monoisotopic (exact) mass is 345 g/mol. The van der Waals surface area contributed by atoms with Crippen LogP contribution in [0.3, 0.4) is 0 Å². The molecule has 0 radical (unpaired) electrons. The van der Waals surface area contributed by atoms with Gasteiger partial charge in [0.15, 0.2) is 17.3 Å². The summed E-state index contributed by atoms with van der Waals surface area (Å²) in [5, 5.41) is 6.73. The lowest BCUT2D eigenvalue weighted by atomic mass is 10.0. The SMILES string of the molecule is COc1ccc(C2CCCN2C(=O)NCc2cc(C)no2)cc1OC. The number of urea groups is 1. The molecule has 3 rings (SSSR count). The predicted octanol–water partition coefficient (Wildman–Crippen LogP) is 3.05. The number of nitrogens with one attached hydrogen (secondary N) is 1. The van der Waals surface area contributed by atoms with Gasteiger partial charge in [-0.05, 0) is 37.5 Å². The van der Waals surface area contributed by atoms with E-state index in [-0.39, 0.29) is 12.1 Å². The summed E-state index contributed by atoms with van der Waals surface area (Å²) in [5.41, 5.74) is 1.84. The molecule has 25 heavy (non-hydrogen) atoms. The second-order valence-electron chi connectivity index (χ2n) is 6.06. The van der Waals surface area contributed by atoms with Crippen LogP contribution >= 0.6 is 0 Å². The first-order valence-electron chi connectivity index (χ1n) is 8.31. The molecule has 2 amide bonds. The van der Waals surface area contributed by atoms with Gasteiger partial charge >= 0.3 is 6.03 Å². The highest BCUT2D eigenvalue weighted by molar-refractivity contribution is 5.75. The van der Waals surface area contributed by atoms with Gasteiger partial charge in [-0.1, -0.05) is 11.2 Å². The summed E-state index contributed by atoms with van der Waals surface area (Å²) in [6.07, 6.45) is 1.89. The highest BCUT2D eigenvalue weighted by atomic mass is 16.5. The number of benzene rings is 1. The summed E-state index contributed by atoms with van der Waals surface area (Å²) in [4.78, 5) is 14.4. The largest absolute Gasteiger partial charge is 0.493 e. The van der Waals surface area contributed by atoms with Gasteiger partial charge in [0.25, 0.3) is 0 Å². The van der Waals surface area contributed by atoms with E-state index < -0.39 is 0 Å². The molecule has 7 nitrogen and oxygen atoms in total. The first-order valence-corrected chi connectivity index (χ1v) is 8.31. The van der Waals surface area contributed by atoms with Crippen LogP contribution in [0.1, 0.15) is 35.9 Å². The minimum absolute atomic E-state index is 0.0243. The minimum atomic E-state index is -0.105. The summed E-state index contributed by atoms with van der Waals surface area (Å²) < 4.78 is 15.8. The normalized spacial score (nSPS) is 16.8. The molecule has 1 aromatic carbocycles. The Labute approximate surface area is 146 Å². The number of amides is 2. The van der Waals surface area contributed by atoms with Gasteiger partial charge in [-0.3, -0.25) is 0 Å². The van der Waals surface area contributed by atoms with Gasteiger partial charge in [-0.2, -0.15) is 0 Å². The lowest BCUT2D eigenvalue weighted by Gasteiger charge is -2.25. The van der Waals surface area contributed by atoms with Crippen molar-refractivity contribution in [1.29, 1.82) is 0 Å². The number of ether oxygens (including phenoxy) is 2. The summed E-state index contributed by atoms with van der Waals surface area (Å²) in [5.74, 6) is 2.00. The van der Waals surface area contributed by atoms with Crippen LogP contribution in [-0.2, 0) is 6.54 Å². The zero-order chi connectivity index (χ0) is 17.8. The Morgan fingerprint density at radius 2 is 2.12 bits per heavy atom. The van der Waals surface area contributed by atoms with E-state index >= 15 is 0 Å². The fourth-order valence-electron chi connectivity index (χ4n) is 3.18. The molecular formula is C18H23N3O4. The second kappa shape index (κ2) is 7.46. The highest BCUT2D eigenvalue weighted by Crippen LogP contribution is 2.36. The quantitative estimate of drug-likeness (QED) is 0.901. The van der Waals surface area contributed by atoms with Crippen molar-refractivity contribution in [3.63, 3.8) is 0 Å². The summed E-state index contributed by atoms with van der Waals surface area (Å²) in [6, 6.07) is 7.53. The molecule has 1 N–H and O–H groups in total. The van der Waals surface area contributed by atoms with Crippen LogP contribution in [-0.4, -0.2) is 36.9 Å². The Morgan fingerprint density at radius 3 is 2.80 bits per heavy atom. The van der Waals surface area contributed by atoms with Crippen LogP contribution in [0.2, 0.25) is 0 Å². The summed E-state index contributed by atoms with van der Waals surface area (Å²) in [7, 11) is 3.22. The molecule has 0 aliphatic carbocycles. The van der Waals surface area contributed by atoms with Crippen molar-refractivity contribution in [3.8, 4) is 11.5 Å². The highest BCUT2D eigenvalue weighted by Gasteiger charge is 2.30. The maximum absolute atomic E-state index is 12.6. The lowest BCUT2D eigenvalue weighted by molar-refractivity contribution is 0.191. The van der Waals surface area contributed by atoms with E-state index in [1.54, 1.807) is 14.2 Å². The van der Waals surface area contributed by atoms with Crippen LogP contribution in [0.25, 0.3) is 0 Å². The molecule has 2 aromatic rings. The van der Waals surface area contributed by atoms with Gasteiger partial charge in [0.1, 0.15) is 0 Å². The molecule has 1 fully saturated rings. The standard InChI is InChI=1S/C18H23N3O4/c1-12-9-14(25-20-12)11-19-18(22)21-8-4-5-15(21)13-6-7-16(23-2)17(10-13)24-3/h6-7,9-10,15H,4-5,8,11H2,1-3H3,(H,19,22). The lowest BCUT2D eigenvalue weighted by Crippen LogP contribution is -2.39. The van der Waals surface area contributed by atoms with E-state index in [1.807, 2.05) is 36.1 Å². The van der Waals surface area contributed by atoms with Crippen LogP contribution in [0, 0.1) is 6.92 Å². The van der Waals surface area contributed by atoms with Gasteiger partial charge in [0, 0.05) is 12.6 Å². The van der Waals surface area contributed by atoms with E-state index in [1.165, 1.54) is 0 Å². The van der Waals surface area contributed by atoms with Crippen molar-refractivity contribution in [2.45, 2.75) is 32.4 Å². The molecule has 1 aliphatic heterocycles. The number of nitrogens with zero attached hydrogens (tertiary/aromatic N) is 2. The molecule has 0 spiro atoms. The van der Waals surface area contributed by atoms with Gasteiger partial charge < -0.3 is 24.2 Å². The maximum atomic E-state index is 12.6. The summed E-state index contributed by atoms with van der Waals surface area (Å²) >= 11 is 0. The van der Waals surface area contributed by atoms with Crippen molar-refractivity contribution in [1.82, 2.24) is 15.4 Å². The van der Waals surface area contributed by atoms with Crippen molar-refractivity contribution in [2.75, 3.05) is 20.8 Å². The third-order valence-corrected chi connectivity index (χ3v) is 4.40. The Kier molecular flexibility index (Phi) is 5.11. The average Bonchev–Trinajstić information content (AvgIpc) is 3.28. The van der Waals surface area contributed by atoms with Crippen molar-refractivity contribution in [2.24, 2.45) is 0 Å². The van der Waals surface area contributed by atoms with Gasteiger partial charge in [0.05, 0.1) is 32.5 Å². The van der Waals surface area contributed by atoms with Gasteiger partial charge in [-0.25, -0.2) is 4.79 Å². The number of carbonyl (C=O) groups is 1. The molecule has 1 unspecified atom stereocenters. The Hall–Kier alpha value is -2.70. The van der Waals surface area contributed by atoms with E-state index in [2.05, 4.69) is 10.5 Å². The predicted molar refractivity (Wildman–Crippen MR) is 91.7 cm³/mol. The van der Waals surface area contributed by atoms with E-state index in [4.69, 9.17) is 14.0 Å². The zero-order valence-electron chi connectivity index (χ0n) is 14.7. The van der Waals surface area contributed by atoms with Gasteiger partial charge in [-0.15, -0.1) is 0 Å². The smallest absolute Gasteiger partial charge is 0.318 e. The topological polar surface area (TPSA) is 76.8 Å². The van der Waals surface area contributed by atoms with Crippen LogP contribution in [0.4, 0.5) is 4.79 Å². The molecule has 0 bridgehead atoms. The van der Waals surface area contributed by atoms with E-state index in [9.17, 15) is 4.79 Å². The fraction of sp³-hybridized carbons (Fsp3) is 0.444. The van der Waals surface area contributed by atoms with Crippen molar-refractivity contribution < 1.29 is 18.8 Å². The van der Waals surface area contributed by atoms with Crippen molar-refractivity contribution in [3.05, 3.63) is 41.3 Å². The Balaban J connectivity index is 1.70. The number of hydrogen-bond acceptors (Lipinski definition) is 5. The third-order valence-electron chi connectivity index (χ3n) is 4.40. The molecular weight excluding hydrogens is 322 g/mol. The Bertz CT molecular complexity index is 744. The number of methoxy groups -OCH3 is 2. The number of rotatable bonds is 5. The molecule has 134 valence electrons. The molecule has 1 saturated heterocycles. The second-order valence-corrected chi connectivity index (χ2v) is 6.06. The molecule has 1 atom stereocenters. The first-order chi connectivity index (χ1) is 12.1. The fourth-order valence-corrected chi connectivity index (χ4v) is 3.18. The molecule has 0 saturated carbocycles. The molecule has 1 aromatic heterocycles. The minimum Gasteiger partial charge on any atom is -0.493 e. The van der Waals surface area contributed by atoms with Crippen LogP contribution < -0.4 is 14.8 Å².